The van der Waals surface area contributed by atoms with Crippen molar-refractivity contribution >= 4 is 22.6 Å². The van der Waals surface area contributed by atoms with Gasteiger partial charge in [0.1, 0.15) is 0 Å². The second-order valence-corrected chi connectivity index (χ2v) is 6.18. The molecule has 1 aliphatic rings. The van der Waals surface area contributed by atoms with Crippen LogP contribution in [0.15, 0.2) is 23.1 Å². The molecule has 0 atom stereocenters. The van der Waals surface area contributed by atoms with Crippen LogP contribution in [0.1, 0.15) is 32.1 Å². The van der Waals surface area contributed by atoms with Crippen molar-refractivity contribution in [2.45, 2.75) is 38.6 Å². The normalized spacial score (nSPS) is 16.9. The number of nitrogens with zero attached hydrogens (tertiary/aromatic N) is 1. The van der Waals surface area contributed by atoms with Gasteiger partial charge in [0.25, 0.3) is 5.56 Å². The highest BCUT2D eigenvalue weighted by Gasteiger charge is 2.12. The average Bonchev–Trinajstić information content (AvgIpc) is 2.40. The summed E-state index contributed by atoms with van der Waals surface area (Å²) in [7, 11) is 0. The largest absolute Gasteiger partial charge is 0.381 e. The van der Waals surface area contributed by atoms with Crippen LogP contribution in [-0.4, -0.2) is 17.8 Å². The van der Waals surface area contributed by atoms with E-state index in [1.807, 2.05) is 16.8 Å². The molecule has 100 valence electrons. The molecule has 0 saturated carbocycles. The first kappa shape index (κ1) is 14.1. The lowest BCUT2D eigenvalue weighted by Crippen LogP contribution is -2.19. The van der Waals surface area contributed by atoms with Gasteiger partial charge in [0.2, 0.25) is 0 Å². The molecular weight excluding hydrogens is 341 g/mol. The third-order valence-corrected chi connectivity index (χ3v) is 4.19. The monoisotopic (exact) mass is 361 g/mol. The maximum atomic E-state index is 11.6. The van der Waals surface area contributed by atoms with Gasteiger partial charge in [-0.05, 0) is 53.8 Å². The molecule has 1 aromatic heterocycles. The number of rotatable bonds is 5. The predicted molar refractivity (Wildman–Crippen MR) is 80.8 cm³/mol. The number of aromatic nitrogens is 1. The molecule has 3 nitrogen and oxygen atoms in total. The Morgan fingerprint density at radius 1 is 1.28 bits per heavy atom. The summed E-state index contributed by atoms with van der Waals surface area (Å²) in [5.41, 5.74) is 0.112. The van der Waals surface area contributed by atoms with Gasteiger partial charge in [-0.1, -0.05) is 12.8 Å². The van der Waals surface area contributed by atoms with E-state index in [1.165, 1.54) is 25.7 Å². The quantitative estimate of drug-likeness (QED) is 0.596. The molecule has 0 aromatic carbocycles. The van der Waals surface area contributed by atoms with E-state index in [-0.39, 0.29) is 5.56 Å². The van der Waals surface area contributed by atoms with Crippen molar-refractivity contribution in [1.29, 1.82) is 0 Å². The number of halogens is 1. The summed E-state index contributed by atoms with van der Waals surface area (Å²) in [5.74, 6) is 0.839. The highest BCUT2D eigenvalue weighted by Crippen LogP contribution is 2.20. The van der Waals surface area contributed by atoms with Crippen LogP contribution in [0.2, 0.25) is 0 Å². The molecule has 1 aliphatic heterocycles. The highest BCUT2D eigenvalue weighted by molar-refractivity contribution is 14.1. The molecule has 0 bridgehead atoms. The van der Waals surface area contributed by atoms with Gasteiger partial charge in [0, 0.05) is 35.6 Å². The third kappa shape index (κ3) is 4.39. The Kier molecular flexibility index (Phi) is 5.69. The minimum absolute atomic E-state index is 0.112. The Labute approximate surface area is 122 Å². The van der Waals surface area contributed by atoms with Gasteiger partial charge < -0.3 is 9.30 Å². The van der Waals surface area contributed by atoms with Crippen molar-refractivity contribution in [3.8, 4) is 0 Å². The van der Waals surface area contributed by atoms with Gasteiger partial charge in [-0.3, -0.25) is 4.79 Å². The number of hydrogen-bond acceptors (Lipinski definition) is 2. The van der Waals surface area contributed by atoms with E-state index in [1.54, 1.807) is 6.07 Å². The number of ether oxygens (including phenoxy) is 1. The van der Waals surface area contributed by atoms with Crippen LogP contribution in [0.25, 0.3) is 0 Å². The summed E-state index contributed by atoms with van der Waals surface area (Å²) in [5, 5.41) is 0. The molecular formula is C14H20INO2. The molecule has 1 aromatic rings. The summed E-state index contributed by atoms with van der Waals surface area (Å²) in [6, 6.07) is 3.52. The van der Waals surface area contributed by atoms with Crippen LogP contribution in [0.4, 0.5) is 0 Å². The van der Waals surface area contributed by atoms with Gasteiger partial charge in [-0.2, -0.15) is 0 Å². The smallest absolute Gasteiger partial charge is 0.250 e. The van der Waals surface area contributed by atoms with Crippen LogP contribution in [-0.2, 0) is 11.3 Å². The molecule has 4 heteroatoms. The van der Waals surface area contributed by atoms with Crippen molar-refractivity contribution in [1.82, 2.24) is 4.57 Å². The van der Waals surface area contributed by atoms with Crippen LogP contribution in [0.3, 0.4) is 0 Å². The highest BCUT2D eigenvalue weighted by atomic mass is 127. The minimum atomic E-state index is 0.112. The standard InChI is InChI=1S/C14H20INO2/c15-13-4-5-14(17)16(11-13)8-2-1-3-12-6-9-18-10-7-12/h4-5,11-12H,1-3,6-10H2. The molecule has 0 amide bonds. The minimum Gasteiger partial charge on any atom is -0.381 e. The molecule has 2 rings (SSSR count). The zero-order valence-corrected chi connectivity index (χ0v) is 12.8. The number of unbranched alkanes of at least 4 members (excludes halogenated alkanes) is 1. The summed E-state index contributed by atoms with van der Waals surface area (Å²) in [6.45, 7) is 2.71. The van der Waals surface area contributed by atoms with Crippen molar-refractivity contribution in [2.24, 2.45) is 5.92 Å². The van der Waals surface area contributed by atoms with E-state index in [0.717, 1.165) is 35.7 Å². The van der Waals surface area contributed by atoms with Crippen LogP contribution in [0, 0.1) is 9.49 Å². The van der Waals surface area contributed by atoms with E-state index in [0.29, 0.717) is 0 Å². The molecule has 0 spiro atoms. The molecule has 2 heterocycles. The Hall–Kier alpha value is -0.360. The number of hydrogen-bond donors (Lipinski definition) is 0. The first-order valence-electron chi connectivity index (χ1n) is 6.69. The lowest BCUT2D eigenvalue weighted by Gasteiger charge is -2.21. The zero-order valence-electron chi connectivity index (χ0n) is 10.6. The van der Waals surface area contributed by atoms with Crippen LogP contribution in [0.5, 0.6) is 0 Å². The molecule has 1 fully saturated rings. The molecule has 0 radical (unpaired) electrons. The van der Waals surface area contributed by atoms with Crippen molar-refractivity contribution in [2.75, 3.05) is 13.2 Å². The first-order chi connectivity index (χ1) is 8.75. The van der Waals surface area contributed by atoms with Gasteiger partial charge in [-0.15, -0.1) is 0 Å². The molecule has 0 aliphatic carbocycles. The van der Waals surface area contributed by atoms with Gasteiger partial charge in [-0.25, -0.2) is 0 Å². The van der Waals surface area contributed by atoms with Crippen molar-refractivity contribution in [3.05, 3.63) is 32.3 Å². The van der Waals surface area contributed by atoms with E-state index >= 15 is 0 Å². The Morgan fingerprint density at radius 3 is 2.83 bits per heavy atom. The van der Waals surface area contributed by atoms with Gasteiger partial charge in [0.05, 0.1) is 0 Å². The van der Waals surface area contributed by atoms with Gasteiger partial charge >= 0.3 is 0 Å². The second-order valence-electron chi connectivity index (χ2n) is 4.93. The van der Waals surface area contributed by atoms with Crippen LogP contribution < -0.4 is 5.56 Å². The van der Waals surface area contributed by atoms with E-state index in [4.69, 9.17) is 4.74 Å². The fraction of sp³-hybridized carbons (Fsp3) is 0.643. The molecule has 0 unspecified atom stereocenters. The Morgan fingerprint density at radius 2 is 2.06 bits per heavy atom. The zero-order chi connectivity index (χ0) is 12.8. The maximum Gasteiger partial charge on any atom is 0.250 e. The van der Waals surface area contributed by atoms with E-state index in [9.17, 15) is 4.79 Å². The molecule has 0 N–H and O–H groups in total. The number of pyridine rings is 1. The fourth-order valence-electron chi connectivity index (χ4n) is 2.43. The topological polar surface area (TPSA) is 31.2 Å². The summed E-state index contributed by atoms with van der Waals surface area (Å²) >= 11 is 2.24. The summed E-state index contributed by atoms with van der Waals surface area (Å²) < 4.78 is 8.30. The fourth-order valence-corrected chi connectivity index (χ4v) is 2.94. The number of aryl methyl sites for hydroxylation is 1. The molecule has 18 heavy (non-hydrogen) atoms. The predicted octanol–water partition coefficient (Wildman–Crippen LogP) is 3.05. The Bertz CT molecular complexity index is 424. The summed E-state index contributed by atoms with van der Waals surface area (Å²) in [4.78, 5) is 11.6. The summed E-state index contributed by atoms with van der Waals surface area (Å²) in [6.07, 6.45) is 7.95. The Balaban J connectivity index is 1.71. The van der Waals surface area contributed by atoms with Gasteiger partial charge in [0.15, 0.2) is 0 Å². The maximum absolute atomic E-state index is 11.6. The van der Waals surface area contributed by atoms with E-state index in [2.05, 4.69) is 22.6 Å². The lowest BCUT2D eigenvalue weighted by atomic mass is 9.94. The van der Waals surface area contributed by atoms with Crippen molar-refractivity contribution in [3.63, 3.8) is 0 Å². The average molecular weight is 361 g/mol. The van der Waals surface area contributed by atoms with Crippen LogP contribution >= 0.6 is 22.6 Å². The lowest BCUT2D eigenvalue weighted by molar-refractivity contribution is 0.0630. The first-order valence-corrected chi connectivity index (χ1v) is 7.77. The third-order valence-electron chi connectivity index (χ3n) is 3.55. The molecule has 1 saturated heterocycles. The second kappa shape index (κ2) is 7.28. The van der Waals surface area contributed by atoms with Crippen molar-refractivity contribution < 1.29 is 4.74 Å². The van der Waals surface area contributed by atoms with E-state index < -0.39 is 0 Å². The SMILES string of the molecule is O=c1ccc(I)cn1CCCCC1CCOCC1.